The number of hydrogen-bond acceptors (Lipinski definition) is 2. The Morgan fingerprint density at radius 3 is 1.86 bits per heavy atom. The smallest absolute Gasteiger partial charge is 0.0866 e. The molecule has 0 N–H and O–H groups in total. The lowest BCUT2D eigenvalue weighted by Gasteiger charge is -1.85. The van der Waals surface area contributed by atoms with Crippen LogP contribution in [-0.2, 0) is 11.1 Å². The van der Waals surface area contributed by atoms with E-state index >= 15 is 0 Å². The Morgan fingerprint density at radius 1 is 1.86 bits per heavy atom. The maximum absolute atomic E-state index is 10.3. The van der Waals surface area contributed by atoms with Crippen molar-refractivity contribution < 1.29 is 13.2 Å². The molecule has 0 aromatic carbocycles. The second kappa shape index (κ2) is 9.40. The Morgan fingerprint density at radius 2 is 1.86 bits per heavy atom. The summed E-state index contributed by atoms with van der Waals surface area (Å²) in [5.41, 5.74) is 0. The molecule has 0 bridgehead atoms. The van der Waals surface area contributed by atoms with Gasteiger partial charge in [0.15, 0.2) is 0 Å². The molecule has 0 spiro atoms. The number of hydrogen-bond donors (Lipinski definition) is 0. The monoisotopic (exact) mass is 127 g/mol. The molecule has 7 heavy (non-hydrogen) atoms. The topological polar surface area (TPSA) is 40.1 Å². The standard InChI is InChI=1S/C2H5F.CH4O2S/c1-2-3;1-4(2)3/h2H2,1H3;1H3,(H,2,3)/p-1. The molecule has 0 amide bonds. The largest absolute Gasteiger partial charge is 0.773 e. The Kier molecular flexibility index (Phi) is 13.6. The van der Waals surface area contributed by atoms with Crippen LogP contribution in [0.1, 0.15) is 6.92 Å². The maximum atomic E-state index is 10.3. The van der Waals surface area contributed by atoms with Crippen LogP contribution in [-0.4, -0.2) is 21.7 Å². The molecule has 1 unspecified atom stereocenters. The van der Waals surface area contributed by atoms with Gasteiger partial charge in [-0.15, -0.1) is 0 Å². The van der Waals surface area contributed by atoms with E-state index in [2.05, 4.69) is 0 Å². The van der Waals surface area contributed by atoms with Gasteiger partial charge in [0.2, 0.25) is 0 Å². The Hall–Kier alpha value is 0.0400. The van der Waals surface area contributed by atoms with Gasteiger partial charge in [-0.1, -0.05) is 11.1 Å². The Bertz CT molecular complexity index is 44.2. The van der Waals surface area contributed by atoms with Crippen LogP contribution >= 0.6 is 0 Å². The molecule has 0 aromatic rings. The van der Waals surface area contributed by atoms with Gasteiger partial charge >= 0.3 is 0 Å². The van der Waals surface area contributed by atoms with E-state index < -0.39 is 11.1 Å². The molecule has 0 aliphatic rings. The van der Waals surface area contributed by atoms with E-state index in [0.29, 0.717) is 0 Å². The molecule has 0 aliphatic heterocycles. The van der Waals surface area contributed by atoms with Crippen LogP contribution < -0.4 is 0 Å². The van der Waals surface area contributed by atoms with Gasteiger partial charge in [-0.25, -0.2) is 0 Å². The zero-order valence-corrected chi connectivity index (χ0v) is 5.13. The van der Waals surface area contributed by atoms with Gasteiger partial charge in [-0.05, 0) is 13.2 Å². The first-order valence-corrected chi connectivity index (χ1v) is 3.20. The first kappa shape index (κ1) is 10.1. The molecule has 0 saturated heterocycles. The molecular formula is C3H8FO2S-. The minimum Gasteiger partial charge on any atom is -0.773 e. The average Bonchev–Trinajstić information content (AvgIpc) is 1.33. The summed E-state index contributed by atoms with van der Waals surface area (Å²) in [5.74, 6) is 0. The highest BCUT2D eigenvalue weighted by Gasteiger charge is 1.41. The van der Waals surface area contributed by atoms with Gasteiger partial charge in [0, 0.05) is 0 Å². The van der Waals surface area contributed by atoms with Crippen LogP contribution in [0.15, 0.2) is 0 Å². The van der Waals surface area contributed by atoms with Gasteiger partial charge in [0.25, 0.3) is 0 Å². The van der Waals surface area contributed by atoms with Crippen molar-refractivity contribution >= 4 is 11.1 Å². The van der Waals surface area contributed by atoms with Gasteiger partial charge < -0.3 is 4.55 Å². The predicted molar refractivity (Wildman–Crippen MR) is 26.5 cm³/mol. The summed E-state index contributed by atoms with van der Waals surface area (Å²) < 4.78 is 28.3. The van der Waals surface area contributed by atoms with Crippen molar-refractivity contribution in [1.82, 2.24) is 0 Å². The van der Waals surface area contributed by atoms with E-state index in [9.17, 15) is 4.39 Å². The number of rotatable bonds is 0. The molecule has 0 saturated carbocycles. The average molecular weight is 127 g/mol. The summed E-state index contributed by atoms with van der Waals surface area (Å²) >= 11 is -1.86. The SMILES string of the molecule is CCF.CS(=O)[O-]. The van der Waals surface area contributed by atoms with Crippen molar-refractivity contribution in [3.05, 3.63) is 0 Å². The van der Waals surface area contributed by atoms with E-state index in [1.54, 1.807) is 0 Å². The Labute approximate surface area is 45.0 Å². The molecule has 0 aromatic heterocycles. The zero-order valence-electron chi connectivity index (χ0n) is 4.31. The summed E-state index contributed by atoms with van der Waals surface area (Å²) in [6, 6.07) is 0. The fraction of sp³-hybridized carbons (Fsp3) is 1.00. The van der Waals surface area contributed by atoms with Crippen molar-refractivity contribution in [2.45, 2.75) is 6.92 Å². The molecule has 0 fully saturated rings. The summed E-state index contributed by atoms with van der Waals surface area (Å²) in [5, 5.41) is 0. The first-order valence-electron chi connectivity index (χ1n) is 1.72. The molecule has 46 valence electrons. The molecular weight excluding hydrogens is 119 g/mol. The summed E-state index contributed by atoms with van der Waals surface area (Å²) in [6.45, 7) is 1.21. The third-order valence-corrected chi connectivity index (χ3v) is 0. The van der Waals surface area contributed by atoms with E-state index in [-0.39, 0.29) is 6.67 Å². The molecule has 0 heterocycles. The highest BCUT2D eigenvalue weighted by molar-refractivity contribution is 7.78. The summed E-state index contributed by atoms with van der Waals surface area (Å²) in [7, 11) is 0. The van der Waals surface area contributed by atoms with E-state index in [1.807, 2.05) is 0 Å². The van der Waals surface area contributed by atoms with Crippen LogP contribution in [0.2, 0.25) is 0 Å². The highest BCUT2D eigenvalue weighted by atomic mass is 32.2. The van der Waals surface area contributed by atoms with Crippen molar-refractivity contribution in [1.29, 1.82) is 0 Å². The van der Waals surface area contributed by atoms with Crippen LogP contribution in [0, 0.1) is 0 Å². The normalized spacial score (nSPS) is 11.4. The molecule has 4 heteroatoms. The van der Waals surface area contributed by atoms with Gasteiger partial charge in [-0.2, -0.15) is 0 Å². The van der Waals surface area contributed by atoms with Gasteiger partial charge in [0.05, 0.1) is 6.67 Å². The van der Waals surface area contributed by atoms with Crippen molar-refractivity contribution in [3.63, 3.8) is 0 Å². The fourth-order valence-corrected chi connectivity index (χ4v) is 0. The minimum atomic E-state index is -1.86. The van der Waals surface area contributed by atoms with E-state index in [0.717, 1.165) is 6.26 Å². The fourth-order valence-electron chi connectivity index (χ4n) is 0. The van der Waals surface area contributed by atoms with Crippen molar-refractivity contribution in [3.8, 4) is 0 Å². The summed E-state index contributed by atoms with van der Waals surface area (Å²) in [4.78, 5) is 0. The summed E-state index contributed by atoms with van der Waals surface area (Å²) in [6.07, 6.45) is 1.08. The highest BCUT2D eigenvalue weighted by Crippen LogP contribution is 1.48. The van der Waals surface area contributed by atoms with Crippen LogP contribution in [0.25, 0.3) is 0 Å². The molecule has 2 nitrogen and oxygen atoms in total. The van der Waals surface area contributed by atoms with Crippen LogP contribution in [0.4, 0.5) is 4.39 Å². The molecule has 0 rings (SSSR count). The lowest BCUT2D eigenvalue weighted by Crippen LogP contribution is -1.73. The first-order chi connectivity index (χ1) is 3.15. The van der Waals surface area contributed by atoms with Crippen LogP contribution in [0.3, 0.4) is 0 Å². The second-order valence-electron chi connectivity index (χ2n) is 0.669. The quantitative estimate of drug-likeness (QED) is 0.444. The van der Waals surface area contributed by atoms with Crippen molar-refractivity contribution in [2.24, 2.45) is 0 Å². The van der Waals surface area contributed by atoms with E-state index in [4.69, 9.17) is 8.76 Å². The third kappa shape index (κ3) is 61600. The second-order valence-corrected chi connectivity index (χ2v) is 1.47. The number of alkyl halides is 1. The lowest BCUT2D eigenvalue weighted by molar-refractivity contribution is 0.527. The molecule has 1 atom stereocenters. The third-order valence-electron chi connectivity index (χ3n) is 0. The number of halogens is 1. The molecule has 0 aliphatic carbocycles. The zero-order chi connectivity index (χ0) is 6.28. The van der Waals surface area contributed by atoms with Crippen LogP contribution in [0.5, 0.6) is 0 Å². The van der Waals surface area contributed by atoms with Gasteiger partial charge in [0.1, 0.15) is 0 Å². The maximum Gasteiger partial charge on any atom is 0.0866 e. The molecule has 0 radical (unpaired) electrons. The minimum absolute atomic E-state index is 0.250. The van der Waals surface area contributed by atoms with E-state index in [1.165, 1.54) is 6.92 Å². The van der Waals surface area contributed by atoms with Crippen molar-refractivity contribution in [2.75, 3.05) is 12.9 Å². The van der Waals surface area contributed by atoms with Gasteiger partial charge in [-0.3, -0.25) is 8.60 Å². The Balaban J connectivity index is 0. The lowest BCUT2D eigenvalue weighted by atomic mass is 10.9. The predicted octanol–water partition coefficient (Wildman–Crippen LogP) is 0.471.